The van der Waals surface area contributed by atoms with E-state index in [1.807, 2.05) is 43.4 Å². The molecular formula is C17H25N5O. The number of amides is 1. The van der Waals surface area contributed by atoms with Gasteiger partial charge in [0.25, 0.3) is 0 Å². The van der Waals surface area contributed by atoms with Crippen LogP contribution in [0.4, 0.5) is 0 Å². The first kappa shape index (κ1) is 15.8. The standard InChI is InChI=1S/C17H25N5O/c1-14-9-19-21(11-14)13-16-5-3-4-8-22(16)17(23)7-6-15-10-18-20(2)12-15/h9-12,16H,3-8,13H2,1-2H3/t16-/m0/s1. The lowest BCUT2D eigenvalue weighted by molar-refractivity contribution is -0.135. The van der Waals surface area contributed by atoms with Crippen LogP contribution in [0.25, 0.3) is 0 Å². The number of nitrogens with zero attached hydrogens (tertiary/aromatic N) is 5. The third-order valence-electron chi connectivity index (χ3n) is 4.49. The van der Waals surface area contributed by atoms with E-state index in [9.17, 15) is 4.79 Å². The van der Waals surface area contributed by atoms with Crippen molar-refractivity contribution in [3.63, 3.8) is 0 Å². The van der Waals surface area contributed by atoms with Crippen molar-refractivity contribution in [1.29, 1.82) is 0 Å². The van der Waals surface area contributed by atoms with Gasteiger partial charge in [0.1, 0.15) is 0 Å². The molecule has 0 N–H and O–H groups in total. The van der Waals surface area contributed by atoms with E-state index in [2.05, 4.69) is 15.1 Å². The third-order valence-corrected chi connectivity index (χ3v) is 4.49. The molecule has 3 rings (SSSR count). The van der Waals surface area contributed by atoms with Crippen LogP contribution < -0.4 is 0 Å². The van der Waals surface area contributed by atoms with Gasteiger partial charge < -0.3 is 4.90 Å². The van der Waals surface area contributed by atoms with E-state index in [1.54, 1.807) is 4.68 Å². The number of piperidine rings is 1. The molecule has 23 heavy (non-hydrogen) atoms. The van der Waals surface area contributed by atoms with Crippen LogP contribution in [-0.4, -0.2) is 43.0 Å². The highest BCUT2D eigenvalue weighted by Crippen LogP contribution is 2.20. The number of carbonyl (C=O) groups is 1. The first-order valence-corrected chi connectivity index (χ1v) is 8.38. The van der Waals surface area contributed by atoms with Gasteiger partial charge in [-0.3, -0.25) is 14.2 Å². The monoisotopic (exact) mass is 315 g/mol. The molecule has 1 atom stereocenters. The topological polar surface area (TPSA) is 56.0 Å². The van der Waals surface area contributed by atoms with E-state index in [4.69, 9.17) is 0 Å². The Kier molecular flexibility index (Phi) is 4.79. The van der Waals surface area contributed by atoms with Crippen molar-refractivity contribution >= 4 is 5.91 Å². The summed E-state index contributed by atoms with van der Waals surface area (Å²) in [5.41, 5.74) is 2.28. The van der Waals surface area contributed by atoms with Crippen LogP contribution in [0.2, 0.25) is 0 Å². The predicted molar refractivity (Wildman–Crippen MR) is 87.8 cm³/mol. The van der Waals surface area contributed by atoms with Gasteiger partial charge in [-0.05, 0) is 43.7 Å². The van der Waals surface area contributed by atoms with Crippen molar-refractivity contribution in [3.8, 4) is 0 Å². The van der Waals surface area contributed by atoms with E-state index in [-0.39, 0.29) is 11.9 Å². The van der Waals surface area contributed by atoms with E-state index in [0.29, 0.717) is 6.42 Å². The highest BCUT2D eigenvalue weighted by molar-refractivity contribution is 5.76. The van der Waals surface area contributed by atoms with Gasteiger partial charge in [0.05, 0.1) is 25.0 Å². The molecule has 0 radical (unpaired) electrons. The summed E-state index contributed by atoms with van der Waals surface area (Å²) in [6, 6.07) is 0.268. The summed E-state index contributed by atoms with van der Waals surface area (Å²) in [4.78, 5) is 14.7. The Morgan fingerprint density at radius 3 is 2.83 bits per heavy atom. The molecule has 1 saturated heterocycles. The van der Waals surface area contributed by atoms with E-state index in [0.717, 1.165) is 43.5 Å². The molecular weight excluding hydrogens is 290 g/mol. The number of hydrogen-bond acceptors (Lipinski definition) is 3. The van der Waals surface area contributed by atoms with Crippen molar-refractivity contribution in [2.45, 2.75) is 51.6 Å². The zero-order valence-corrected chi connectivity index (χ0v) is 14.0. The summed E-state index contributed by atoms with van der Waals surface area (Å²) >= 11 is 0. The normalized spacial score (nSPS) is 18.3. The Bertz CT molecular complexity index is 659. The largest absolute Gasteiger partial charge is 0.338 e. The number of rotatable bonds is 5. The number of aryl methyl sites for hydroxylation is 3. The highest BCUT2D eigenvalue weighted by atomic mass is 16.2. The fraction of sp³-hybridized carbons (Fsp3) is 0.588. The fourth-order valence-corrected chi connectivity index (χ4v) is 3.30. The number of likely N-dealkylation sites (tertiary alicyclic amines) is 1. The lowest BCUT2D eigenvalue weighted by Crippen LogP contribution is -2.46. The van der Waals surface area contributed by atoms with Gasteiger partial charge in [-0.2, -0.15) is 10.2 Å². The molecule has 0 unspecified atom stereocenters. The molecule has 1 amide bonds. The average Bonchev–Trinajstić information content (AvgIpc) is 3.14. The van der Waals surface area contributed by atoms with Gasteiger partial charge in [-0.25, -0.2) is 0 Å². The zero-order chi connectivity index (χ0) is 16.2. The smallest absolute Gasteiger partial charge is 0.223 e. The second-order valence-electron chi connectivity index (χ2n) is 6.50. The maximum atomic E-state index is 12.7. The minimum absolute atomic E-state index is 0.252. The molecule has 0 saturated carbocycles. The number of aromatic nitrogens is 4. The Morgan fingerprint density at radius 2 is 2.13 bits per heavy atom. The summed E-state index contributed by atoms with van der Waals surface area (Å²) < 4.78 is 3.75. The van der Waals surface area contributed by atoms with Crippen LogP contribution in [0.3, 0.4) is 0 Å². The number of carbonyl (C=O) groups excluding carboxylic acids is 1. The Balaban J connectivity index is 1.59. The summed E-state index contributed by atoms with van der Waals surface area (Å²) in [5.74, 6) is 0.252. The van der Waals surface area contributed by atoms with Gasteiger partial charge in [0, 0.05) is 32.4 Å². The van der Waals surface area contributed by atoms with Crippen LogP contribution in [0, 0.1) is 6.92 Å². The van der Waals surface area contributed by atoms with Crippen molar-refractivity contribution in [2.75, 3.05) is 6.54 Å². The van der Waals surface area contributed by atoms with Crippen molar-refractivity contribution in [1.82, 2.24) is 24.5 Å². The fourth-order valence-electron chi connectivity index (χ4n) is 3.30. The van der Waals surface area contributed by atoms with Gasteiger partial charge >= 0.3 is 0 Å². The average molecular weight is 315 g/mol. The lowest BCUT2D eigenvalue weighted by atomic mass is 10.0. The van der Waals surface area contributed by atoms with Crippen LogP contribution in [-0.2, 0) is 24.8 Å². The molecule has 0 spiro atoms. The second-order valence-corrected chi connectivity index (χ2v) is 6.50. The molecule has 6 heteroatoms. The van der Waals surface area contributed by atoms with Crippen molar-refractivity contribution in [3.05, 3.63) is 35.9 Å². The van der Waals surface area contributed by atoms with Gasteiger partial charge in [0.2, 0.25) is 5.91 Å². The predicted octanol–water partition coefficient (Wildman–Crippen LogP) is 1.94. The third kappa shape index (κ3) is 4.00. The quantitative estimate of drug-likeness (QED) is 0.847. The molecule has 2 aromatic rings. The molecule has 1 aliphatic heterocycles. The van der Waals surface area contributed by atoms with Crippen LogP contribution in [0.15, 0.2) is 24.8 Å². The summed E-state index contributed by atoms with van der Waals surface area (Å²) in [6.07, 6.45) is 12.4. The first-order valence-electron chi connectivity index (χ1n) is 8.38. The molecule has 3 heterocycles. The van der Waals surface area contributed by atoms with Gasteiger partial charge in [0.15, 0.2) is 0 Å². The molecule has 2 aromatic heterocycles. The summed E-state index contributed by atoms with van der Waals surface area (Å²) in [7, 11) is 1.90. The minimum atomic E-state index is 0.252. The van der Waals surface area contributed by atoms with E-state index < -0.39 is 0 Å². The Hall–Kier alpha value is -2.11. The maximum absolute atomic E-state index is 12.7. The maximum Gasteiger partial charge on any atom is 0.223 e. The minimum Gasteiger partial charge on any atom is -0.338 e. The molecule has 0 aliphatic carbocycles. The second kappa shape index (κ2) is 6.98. The SMILES string of the molecule is Cc1cnn(C[C@@H]2CCCCN2C(=O)CCc2cnn(C)c2)c1. The summed E-state index contributed by atoms with van der Waals surface area (Å²) in [5, 5.41) is 8.53. The van der Waals surface area contributed by atoms with Crippen LogP contribution >= 0.6 is 0 Å². The van der Waals surface area contributed by atoms with Crippen LogP contribution in [0.1, 0.15) is 36.8 Å². The Labute approximate surface area is 137 Å². The zero-order valence-electron chi connectivity index (χ0n) is 14.0. The lowest BCUT2D eigenvalue weighted by Gasteiger charge is -2.36. The van der Waals surface area contributed by atoms with Crippen LogP contribution in [0.5, 0.6) is 0 Å². The molecule has 1 fully saturated rings. The van der Waals surface area contributed by atoms with Crippen molar-refractivity contribution < 1.29 is 4.79 Å². The van der Waals surface area contributed by atoms with Crippen molar-refractivity contribution in [2.24, 2.45) is 7.05 Å². The van der Waals surface area contributed by atoms with E-state index >= 15 is 0 Å². The molecule has 6 nitrogen and oxygen atoms in total. The molecule has 0 bridgehead atoms. The molecule has 124 valence electrons. The van der Waals surface area contributed by atoms with Gasteiger partial charge in [-0.1, -0.05) is 0 Å². The number of hydrogen-bond donors (Lipinski definition) is 0. The Morgan fingerprint density at radius 1 is 1.26 bits per heavy atom. The van der Waals surface area contributed by atoms with Gasteiger partial charge in [-0.15, -0.1) is 0 Å². The molecule has 1 aliphatic rings. The molecule has 0 aromatic carbocycles. The van der Waals surface area contributed by atoms with E-state index in [1.165, 1.54) is 6.42 Å². The first-order chi connectivity index (χ1) is 11.1. The highest BCUT2D eigenvalue weighted by Gasteiger charge is 2.26. The summed E-state index contributed by atoms with van der Waals surface area (Å²) in [6.45, 7) is 3.71.